The first kappa shape index (κ1) is 17.4. The molecule has 3 heterocycles. The predicted octanol–water partition coefficient (Wildman–Crippen LogP) is 1.39. The minimum absolute atomic E-state index is 0.232. The van der Waals surface area contributed by atoms with Crippen molar-refractivity contribution in [3.63, 3.8) is 0 Å². The van der Waals surface area contributed by atoms with E-state index in [4.69, 9.17) is 5.11 Å². The van der Waals surface area contributed by atoms with Gasteiger partial charge in [0.1, 0.15) is 0 Å². The van der Waals surface area contributed by atoms with E-state index in [0.717, 1.165) is 49.7 Å². The highest BCUT2D eigenvalue weighted by Gasteiger charge is 2.28. The third kappa shape index (κ3) is 4.37. The number of likely N-dealkylation sites (tertiary alicyclic amines) is 1. The number of carbonyl (C=O) groups is 2. The third-order valence-corrected chi connectivity index (χ3v) is 4.76. The number of carboxylic acid groups (broad SMARTS) is 1. The number of aromatic nitrogens is 2. The van der Waals surface area contributed by atoms with Gasteiger partial charge in [-0.15, -0.1) is 0 Å². The van der Waals surface area contributed by atoms with Gasteiger partial charge in [-0.1, -0.05) is 0 Å². The summed E-state index contributed by atoms with van der Waals surface area (Å²) in [6.45, 7) is 5.05. The Bertz CT molecular complexity index is 645. The number of urea groups is 1. The molecule has 136 valence electrons. The first-order valence-electron chi connectivity index (χ1n) is 8.88. The second-order valence-corrected chi connectivity index (χ2v) is 6.78. The molecule has 0 aromatic carbocycles. The van der Waals surface area contributed by atoms with Crippen LogP contribution in [0.1, 0.15) is 37.1 Å². The number of piperidine rings is 1. The molecule has 2 saturated heterocycles. The summed E-state index contributed by atoms with van der Waals surface area (Å²) in [6, 6.07) is 1.64. The number of carboxylic acids is 1. The van der Waals surface area contributed by atoms with Gasteiger partial charge in [-0.3, -0.25) is 4.79 Å². The van der Waals surface area contributed by atoms with Crippen molar-refractivity contribution in [1.29, 1.82) is 0 Å². The number of hydrogen-bond donors (Lipinski definition) is 2. The van der Waals surface area contributed by atoms with E-state index >= 15 is 0 Å². The van der Waals surface area contributed by atoms with Crippen LogP contribution in [0, 0.1) is 12.8 Å². The number of anilines is 1. The first-order valence-corrected chi connectivity index (χ1v) is 8.88. The number of hydrogen-bond acceptors (Lipinski definition) is 5. The lowest BCUT2D eigenvalue weighted by atomic mass is 9.99. The highest BCUT2D eigenvalue weighted by Crippen LogP contribution is 2.18. The van der Waals surface area contributed by atoms with E-state index in [1.165, 1.54) is 0 Å². The molecule has 1 atom stereocenters. The van der Waals surface area contributed by atoms with Crippen LogP contribution in [0.3, 0.4) is 0 Å². The minimum atomic E-state index is -0.834. The zero-order chi connectivity index (χ0) is 17.8. The Morgan fingerprint density at radius 2 is 2.00 bits per heavy atom. The summed E-state index contributed by atoms with van der Waals surface area (Å²) in [5.41, 5.74) is 1.65. The average molecular weight is 347 g/mol. The second kappa shape index (κ2) is 7.67. The molecule has 2 aliphatic rings. The molecule has 8 heteroatoms. The number of nitrogens with one attached hydrogen (secondary N) is 1. The molecule has 1 aromatic heterocycles. The highest BCUT2D eigenvalue weighted by molar-refractivity contribution is 5.76. The van der Waals surface area contributed by atoms with Crippen LogP contribution >= 0.6 is 0 Å². The Labute approximate surface area is 147 Å². The molecule has 0 saturated carbocycles. The van der Waals surface area contributed by atoms with Crippen molar-refractivity contribution in [2.75, 3.05) is 31.1 Å². The molecule has 3 rings (SSSR count). The Morgan fingerprint density at radius 1 is 1.24 bits per heavy atom. The summed E-state index contributed by atoms with van der Waals surface area (Å²) in [5.74, 6) is -0.576. The summed E-state index contributed by atoms with van der Waals surface area (Å²) in [4.78, 5) is 36.3. The van der Waals surface area contributed by atoms with E-state index in [1.807, 2.05) is 13.0 Å². The Hall–Kier alpha value is -2.38. The monoisotopic (exact) mass is 347 g/mol. The van der Waals surface area contributed by atoms with Gasteiger partial charge in [0.2, 0.25) is 5.95 Å². The zero-order valence-corrected chi connectivity index (χ0v) is 14.6. The van der Waals surface area contributed by atoms with E-state index in [2.05, 4.69) is 20.2 Å². The minimum Gasteiger partial charge on any atom is -0.481 e. The number of rotatable bonds is 4. The van der Waals surface area contributed by atoms with Crippen LogP contribution < -0.4 is 10.2 Å². The fourth-order valence-electron chi connectivity index (χ4n) is 3.41. The van der Waals surface area contributed by atoms with Crippen LogP contribution in [0.4, 0.5) is 10.7 Å². The van der Waals surface area contributed by atoms with E-state index < -0.39 is 11.9 Å². The van der Waals surface area contributed by atoms with Crippen molar-refractivity contribution in [3.05, 3.63) is 17.5 Å². The van der Waals surface area contributed by atoms with E-state index in [0.29, 0.717) is 19.5 Å². The summed E-state index contributed by atoms with van der Waals surface area (Å²) >= 11 is 0. The first-order chi connectivity index (χ1) is 12.0. The predicted molar refractivity (Wildman–Crippen MR) is 92.4 cm³/mol. The SMILES string of the molecule is Cc1cc(CNC(=O)N2CCCC(C(=O)O)C2)nc(N2CCCC2)n1. The van der Waals surface area contributed by atoms with Crippen molar-refractivity contribution in [1.82, 2.24) is 20.2 Å². The van der Waals surface area contributed by atoms with Gasteiger partial charge in [0.15, 0.2) is 0 Å². The topological polar surface area (TPSA) is 98.7 Å². The van der Waals surface area contributed by atoms with Crippen molar-refractivity contribution >= 4 is 17.9 Å². The molecule has 0 aliphatic carbocycles. The van der Waals surface area contributed by atoms with Crippen LogP contribution in [-0.4, -0.2) is 58.2 Å². The summed E-state index contributed by atoms with van der Waals surface area (Å²) in [6.07, 6.45) is 3.66. The molecular formula is C17H25N5O3. The lowest BCUT2D eigenvalue weighted by molar-refractivity contribution is -0.143. The molecule has 0 bridgehead atoms. The van der Waals surface area contributed by atoms with Gasteiger partial charge in [-0.25, -0.2) is 14.8 Å². The molecule has 2 N–H and O–H groups in total. The number of aliphatic carboxylic acids is 1. The van der Waals surface area contributed by atoms with Crippen LogP contribution in [-0.2, 0) is 11.3 Å². The lowest BCUT2D eigenvalue weighted by Gasteiger charge is -2.30. The summed E-state index contributed by atoms with van der Waals surface area (Å²) in [7, 11) is 0. The molecule has 1 aromatic rings. The number of nitrogens with zero attached hydrogens (tertiary/aromatic N) is 4. The van der Waals surface area contributed by atoms with Gasteiger partial charge in [0.05, 0.1) is 18.2 Å². The molecule has 2 amide bonds. The molecule has 2 aliphatic heterocycles. The van der Waals surface area contributed by atoms with E-state index in [9.17, 15) is 9.59 Å². The number of aryl methyl sites for hydroxylation is 1. The zero-order valence-electron chi connectivity index (χ0n) is 14.6. The van der Waals surface area contributed by atoms with Crippen LogP contribution in [0.2, 0.25) is 0 Å². The summed E-state index contributed by atoms with van der Waals surface area (Å²) < 4.78 is 0. The van der Waals surface area contributed by atoms with Crippen LogP contribution in [0.25, 0.3) is 0 Å². The van der Waals surface area contributed by atoms with Gasteiger partial charge in [-0.05, 0) is 38.7 Å². The average Bonchev–Trinajstić information content (AvgIpc) is 3.14. The lowest BCUT2D eigenvalue weighted by Crippen LogP contribution is -2.46. The third-order valence-electron chi connectivity index (χ3n) is 4.76. The van der Waals surface area contributed by atoms with Crippen LogP contribution in [0.5, 0.6) is 0 Å². The van der Waals surface area contributed by atoms with Gasteiger partial charge < -0.3 is 20.2 Å². The van der Waals surface area contributed by atoms with Crippen LogP contribution in [0.15, 0.2) is 6.07 Å². The van der Waals surface area contributed by atoms with Crippen molar-refractivity contribution in [2.45, 2.75) is 39.2 Å². The molecule has 25 heavy (non-hydrogen) atoms. The molecule has 0 radical (unpaired) electrons. The quantitative estimate of drug-likeness (QED) is 0.854. The molecule has 1 unspecified atom stereocenters. The van der Waals surface area contributed by atoms with Crippen molar-refractivity contribution < 1.29 is 14.7 Å². The van der Waals surface area contributed by atoms with Gasteiger partial charge in [-0.2, -0.15) is 0 Å². The summed E-state index contributed by atoms with van der Waals surface area (Å²) in [5, 5.41) is 12.0. The largest absolute Gasteiger partial charge is 0.481 e. The second-order valence-electron chi connectivity index (χ2n) is 6.78. The molecule has 0 spiro atoms. The molecular weight excluding hydrogens is 322 g/mol. The smallest absolute Gasteiger partial charge is 0.317 e. The van der Waals surface area contributed by atoms with Crippen molar-refractivity contribution in [3.8, 4) is 0 Å². The fraction of sp³-hybridized carbons (Fsp3) is 0.647. The molecule has 8 nitrogen and oxygen atoms in total. The highest BCUT2D eigenvalue weighted by atomic mass is 16.4. The van der Waals surface area contributed by atoms with Gasteiger partial charge in [0, 0.05) is 31.9 Å². The Balaban J connectivity index is 1.59. The maximum Gasteiger partial charge on any atom is 0.317 e. The van der Waals surface area contributed by atoms with E-state index in [1.54, 1.807) is 4.90 Å². The van der Waals surface area contributed by atoms with E-state index in [-0.39, 0.29) is 12.6 Å². The fourth-order valence-corrected chi connectivity index (χ4v) is 3.41. The normalized spacial score (nSPS) is 20.6. The Kier molecular flexibility index (Phi) is 5.35. The van der Waals surface area contributed by atoms with Gasteiger partial charge >= 0.3 is 12.0 Å². The Morgan fingerprint density at radius 3 is 2.72 bits per heavy atom. The maximum atomic E-state index is 12.3. The number of carbonyl (C=O) groups excluding carboxylic acids is 1. The maximum absolute atomic E-state index is 12.3. The standard InChI is InChI=1S/C17H25N5O3/c1-12-9-14(20-16(19-12)21-6-2-3-7-21)10-18-17(25)22-8-4-5-13(11-22)15(23)24/h9,13H,2-8,10-11H2,1H3,(H,18,25)(H,23,24). The number of amides is 2. The van der Waals surface area contributed by atoms with Gasteiger partial charge in [0.25, 0.3) is 0 Å². The molecule has 2 fully saturated rings. The van der Waals surface area contributed by atoms with Crippen molar-refractivity contribution in [2.24, 2.45) is 5.92 Å².